The lowest BCUT2D eigenvalue weighted by atomic mass is 10.0. The molecule has 2 rings (SSSR count). The lowest BCUT2D eigenvalue weighted by Crippen LogP contribution is -2.27. The molecule has 1 atom stereocenters. The maximum atomic E-state index is 11.7. The fourth-order valence-corrected chi connectivity index (χ4v) is 3.10. The Morgan fingerprint density at radius 2 is 2.21 bits per heavy atom. The monoisotopic (exact) mass is 278 g/mol. The minimum absolute atomic E-state index is 0.207. The number of carbonyl (C=O) groups excluding carboxylic acids is 1. The third-order valence-corrected chi connectivity index (χ3v) is 4.39. The second-order valence-electron chi connectivity index (χ2n) is 4.93. The minimum Gasteiger partial charge on any atom is -0.356 e. The third kappa shape index (κ3) is 5.66. The van der Waals surface area contributed by atoms with Gasteiger partial charge >= 0.3 is 0 Å². The summed E-state index contributed by atoms with van der Waals surface area (Å²) in [5.74, 6) is 1.80. The van der Waals surface area contributed by atoms with Gasteiger partial charge in [0, 0.05) is 17.9 Å². The van der Waals surface area contributed by atoms with Crippen molar-refractivity contribution in [2.45, 2.75) is 24.2 Å². The van der Waals surface area contributed by atoms with Crippen LogP contribution in [-0.4, -0.2) is 31.3 Å². The smallest absolute Gasteiger partial charge is 0.220 e. The molecule has 1 saturated heterocycles. The van der Waals surface area contributed by atoms with E-state index >= 15 is 0 Å². The number of benzene rings is 1. The molecule has 0 unspecified atom stereocenters. The summed E-state index contributed by atoms with van der Waals surface area (Å²) in [6.45, 7) is 2.85. The van der Waals surface area contributed by atoms with Gasteiger partial charge in [-0.3, -0.25) is 4.79 Å². The molecule has 1 aliphatic heterocycles. The Bertz CT molecular complexity index is 377. The van der Waals surface area contributed by atoms with Crippen LogP contribution in [0.4, 0.5) is 0 Å². The molecule has 0 saturated carbocycles. The molecule has 2 N–H and O–H groups in total. The van der Waals surface area contributed by atoms with Crippen molar-refractivity contribution in [1.29, 1.82) is 0 Å². The molecule has 0 aromatic heterocycles. The maximum Gasteiger partial charge on any atom is 0.220 e. The molecule has 0 bridgehead atoms. The molecule has 3 nitrogen and oxygen atoms in total. The van der Waals surface area contributed by atoms with Gasteiger partial charge in [-0.2, -0.15) is 0 Å². The highest BCUT2D eigenvalue weighted by molar-refractivity contribution is 7.99. The van der Waals surface area contributed by atoms with E-state index < -0.39 is 0 Å². The topological polar surface area (TPSA) is 41.1 Å². The van der Waals surface area contributed by atoms with Gasteiger partial charge < -0.3 is 10.6 Å². The molecule has 1 aromatic rings. The van der Waals surface area contributed by atoms with Crippen LogP contribution in [0.25, 0.3) is 0 Å². The van der Waals surface area contributed by atoms with Crippen LogP contribution in [0.2, 0.25) is 0 Å². The standard InChI is InChI=1S/C15H22N2OS/c18-15(11-13-7-9-16-12-13)17-8-4-10-19-14-5-2-1-3-6-14/h1-3,5-6,13,16H,4,7-12H2,(H,17,18)/t13-/m0/s1. The summed E-state index contributed by atoms with van der Waals surface area (Å²) in [7, 11) is 0. The van der Waals surface area contributed by atoms with Gasteiger partial charge in [0.25, 0.3) is 0 Å². The van der Waals surface area contributed by atoms with Crippen LogP contribution in [0.5, 0.6) is 0 Å². The molecule has 0 spiro atoms. The predicted octanol–water partition coefficient (Wildman–Crippen LogP) is 2.28. The zero-order valence-corrected chi connectivity index (χ0v) is 12.0. The van der Waals surface area contributed by atoms with Crippen molar-refractivity contribution < 1.29 is 4.79 Å². The zero-order valence-electron chi connectivity index (χ0n) is 11.2. The highest BCUT2D eigenvalue weighted by atomic mass is 32.2. The molecule has 0 radical (unpaired) electrons. The number of amides is 1. The number of rotatable bonds is 7. The number of carbonyl (C=O) groups is 1. The molecule has 1 aromatic carbocycles. The highest BCUT2D eigenvalue weighted by Crippen LogP contribution is 2.17. The van der Waals surface area contributed by atoms with Crippen molar-refractivity contribution in [2.24, 2.45) is 5.92 Å². The second-order valence-corrected chi connectivity index (χ2v) is 6.10. The summed E-state index contributed by atoms with van der Waals surface area (Å²) >= 11 is 1.84. The molecule has 104 valence electrons. The highest BCUT2D eigenvalue weighted by Gasteiger charge is 2.17. The zero-order chi connectivity index (χ0) is 13.3. The van der Waals surface area contributed by atoms with E-state index in [9.17, 15) is 4.79 Å². The van der Waals surface area contributed by atoms with Crippen LogP contribution in [0.1, 0.15) is 19.3 Å². The SMILES string of the molecule is O=C(C[C@@H]1CCNC1)NCCCSc1ccccc1. The van der Waals surface area contributed by atoms with E-state index in [2.05, 4.69) is 34.9 Å². The Morgan fingerprint density at radius 3 is 2.95 bits per heavy atom. The molecule has 4 heteroatoms. The van der Waals surface area contributed by atoms with Crippen LogP contribution in [-0.2, 0) is 4.79 Å². The summed E-state index contributed by atoms with van der Waals surface area (Å²) in [6, 6.07) is 10.4. The summed E-state index contributed by atoms with van der Waals surface area (Å²) in [5.41, 5.74) is 0. The molecule has 1 aliphatic rings. The molecule has 1 fully saturated rings. The van der Waals surface area contributed by atoms with Gasteiger partial charge in [-0.15, -0.1) is 11.8 Å². The number of nitrogens with one attached hydrogen (secondary N) is 2. The average molecular weight is 278 g/mol. The van der Waals surface area contributed by atoms with Gasteiger partial charge in [0.2, 0.25) is 5.91 Å². The Labute approximate surface area is 119 Å². The molecular formula is C15H22N2OS. The van der Waals surface area contributed by atoms with Gasteiger partial charge in [-0.05, 0) is 49.7 Å². The second kappa shape index (κ2) is 8.23. The fourth-order valence-electron chi connectivity index (χ4n) is 2.23. The Balaban J connectivity index is 1.50. The molecular weight excluding hydrogens is 256 g/mol. The summed E-state index contributed by atoms with van der Waals surface area (Å²) in [4.78, 5) is 13.0. The predicted molar refractivity (Wildman–Crippen MR) is 80.4 cm³/mol. The first-order valence-corrected chi connectivity index (χ1v) is 7.98. The van der Waals surface area contributed by atoms with Gasteiger partial charge in [0.05, 0.1) is 0 Å². The van der Waals surface area contributed by atoms with Crippen molar-refractivity contribution in [3.05, 3.63) is 30.3 Å². The van der Waals surface area contributed by atoms with Crippen molar-refractivity contribution in [3.8, 4) is 0 Å². The van der Waals surface area contributed by atoms with E-state index in [1.807, 2.05) is 17.8 Å². The third-order valence-electron chi connectivity index (χ3n) is 3.29. The quantitative estimate of drug-likeness (QED) is 0.594. The van der Waals surface area contributed by atoms with E-state index in [1.165, 1.54) is 4.90 Å². The molecule has 19 heavy (non-hydrogen) atoms. The summed E-state index contributed by atoms with van der Waals surface area (Å²) in [5, 5.41) is 6.30. The van der Waals surface area contributed by atoms with Crippen LogP contribution in [0.15, 0.2) is 35.2 Å². The van der Waals surface area contributed by atoms with Crippen molar-refractivity contribution in [2.75, 3.05) is 25.4 Å². The van der Waals surface area contributed by atoms with Crippen LogP contribution in [0.3, 0.4) is 0 Å². The first kappa shape index (κ1) is 14.4. The maximum absolute atomic E-state index is 11.7. The van der Waals surface area contributed by atoms with E-state index in [-0.39, 0.29) is 5.91 Å². The Morgan fingerprint density at radius 1 is 1.37 bits per heavy atom. The lowest BCUT2D eigenvalue weighted by Gasteiger charge is -2.09. The van der Waals surface area contributed by atoms with Gasteiger partial charge in [0.1, 0.15) is 0 Å². The fraction of sp³-hybridized carbons (Fsp3) is 0.533. The summed E-state index contributed by atoms with van der Waals surface area (Å²) in [6.07, 6.45) is 2.84. The van der Waals surface area contributed by atoms with Gasteiger partial charge in [-0.1, -0.05) is 18.2 Å². The van der Waals surface area contributed by atoms with E-state index in [1.54, 1.807) is 0 Å². The summed E-state index contributed by atoms with van der Waals surface area (Å²) < 4.78 is 0. The molecule has 1 heterocycles. The first-order chi connectivity index (χ1) is 9.34. The normalized spacial score (nSPS) is 18.4. The van der Waals surface area contributed by atoms with E-state index in [0.717, 1.165) is 38.2 Å². The Hall–Kier alpha value is -1.00. The first-order valence-electron chi connectivity index (χ1n) is 7.00. The van der Waals surface area contributed by atoms with Crippen molar-refractivity contribution in [3.63, 3.8) is 0 Å². The largest absolute Gasteiger partial charge is 0.356 e. The van der Waals surface area contributed by atoms with E-state index in [4.69, 9.17) is 0 Å². The average Bonchev–Trinajstić information content (AvgIpc) is 2.92. The van der Waals surface area contributed by atoms with Gasteiger partial charge in [-0.25, -0.2) is 0 Å². The van der Waals surface area contributed by atoms with Crippen molar-refractivity contribution >= 4 is 17.7 Å². The van der Waals surface area contributed by atoms with Crippen LogP contribution >= 0.6 is 11.8 Å². The van der Waals surface area contributed by atoms with Crippen LogP contribution in [0, 0.1) is 5.92 Å². The van der Waals surface area contributed by atoms with Crippen molar-refractivity contribution in [1.82, 2.24) is 10.6 Å². The molecule has 1 amide bonds. The minimum atomic E-state index is 0.207. The van der Waals surface area contributed by atoms with Crippen LogP contribution < -0.4 is 10.6 Å². The number of hydrogen-bond acceptors (Lipinski definition) is 3. The lowest BCUT2D eigenvalue weighted by molar-refractivity contribution is -0.121. The van der Waals surface area contributed by atoms with Gasteiger partial charge in [0.15, 0.2) is 0 Å². The molecule has 0 aliphatic carbocycles. The number of thioether (sulfide) groups is 1. The van der Waals surface area contributed by atoms with E-state index in [0.29, 0.717) is 12.3 Å². The number of hydrogen-bond donors (Lipinski definition) is 2. The Kier molecular flexibility index (Phi) is 6.24.